The van der Waals surface area contributed by atoms with Crippen molar-refractivity contribution in [2.75, 3.05) is 52.4 Å². The highest BCUT2D eigenvalue weighted by Crippen LogP contribution is 2.17. The van der Waals surface area contributed by atoms with Crippen LogP contribution in [0, 0.1) is 0 Å². The van der Waals surface area contributed by atoms with E-state index in [1.807, 2.05) is 0 Å². The van der Waals surface area contributed by atoms with Crippen LogP contribution in [-0.4, -0.2) is 96.7 Å². The van der Waals surface area contributed by atoms with Gasteiger partial charge in [0, 0.05) is 38.3 Å². The highest BCUT2D eigenvalue weighted by atomic mass is 35.5. The first-order valence-electron chi connectivity index (χ1n) is 9.01. The molecule has 4 aliphatic rings. The largest absolute Gasteiger partial charge is 0.390 e. The zero-order chi connectivity index (χ0) is 15.4. The number of aliphatic hydroxyl groups is 2. The first kappa shape index (κ1) is 29.1. The van der Waals surface area contributed by atoms with E-state index in [-0.39, 0.29) is 61.8 Å². The molecule has 6 nitrogen and oxygen atoms in total. The van der Waals surface area contributed by atoms with Crippen molar-refractivity contribution in [2.24, 2.45) is 0 Å². The fraction of sp³-hybridized carbons (Fsp3) is 1.00. The Hall–Kier alpha value is 0.920. The van der Waals surface area contributed by atoms with E-state index >= 15 is 0 Å². The number of nitrogens with zero attached hydrogens (tertiary/aromatic N) is 2. The maximum Gasteiger partial charge on any atom is 0.0831 e. The third-order valence-corrected chi connectivity index (χ3v) is 5.52. The normalized spacial score (nSPS) is 33.9. The Morgan fingerprint density at radius 3 is 1.08 bits per heavy atom. The lowest BCUT2D eigenvalue weighted by molar-refractivity contribution is 0.0984. The summed E-state index contributed by atoms with van der Waals surface area (Å²) in [6.07, 6.45) is 4.97. The molecule has 0 aromatic carbocycles. The molecule has 0 aromatic heterocycles. The number of β-amino-alcohol motifs (C(OH)–C–C–N with tert-alkyl or cyclic N) is 2. The molecule has 4 saturated heterocycles. The molecule has 26 heavy (non-hydrogen) atoms. The molecule has 0 radical (unpaired) electrons. The van der Waals surface area contributed by atoms with Gasteiger partial charge >= 0.3 is 0 Å². The molecule has 0 spiro atoms. The van der Waals surface area contributed by atoms with Crippen molar-refractivity contribution in [1.29, 1.82) is 0 Å². The summed E-state index contributed by atoms with van der Waals surface area (Å²) in [4.78, 5) is 4.81. The van der Waals surface area contributed by atoms with Crippen LogP contribution in [0.4, 0.5) is 0 Å². The molecule has 4 atom stereocenters. The van der Waals surface area contributed by atoms with Gasteiger partial charge in [0.2, 0.25) is 0 Å². The van der Waals surface area contributed by atoms with Crippen LogP contribution in [0.1, 0.15) is 25.7 Å². The summed E-state index contributed by atoms with van der Waals surface area (Å²) in [6.45, 7) is 8.24. The quantitative estimate of drug-likeness (QED) is 0.484. The van der Waals surface area contributed by atoms with Gasteiger partial charge in [0.05, 0.1) is 12.2 Å². The number of rotatable bonds is 2. The first-order valence-corrected chi connectivity index (χ1v) is 9.01. The number of hydrogen-bond acceptors (Lipinski definition) is 6. The molecule has 4 fully saturated rings. The predicted octanol–water partition coefficient (Wildman–Crippen LogP) is 0.517. The van der Waals surface area contributed by atoms with Gasteiger partial charge in [0.25, 0.3) is 0 Å². The number of hydrogen-bond donors (Lipinski definition) is 4. The Bertz CT molecular complexity index is 316. The Morgan fingerprint density at radius 1 is 0.538 bits per heavy atom. The van der Waals surface area contributed by atoms with Crippen molar-refractivity contribution in [3.05, 3.63) is 0 Å². The second-order valence-corrected chi connectivity index (χ2v) is 7.07. The molecule has 0 aromatic rings. The molecule has 0 bridgehead atoms. The van der Waals surface area contributed by atoms with Gasteiger partial charge in [-0.25, -0.2) is 0 Å². The fourth-order valence-electron chi connectivity index (χ4n) is 4.19. The smallest absolute Gasteiger partial charge is 0.0831 e. The molecule has 0 amide bonds. The molecule has 4 N–H and O–H groups in total. The lowest BCUT2D eigenvalue weighted by Gasteiger charge is -2.24. The minimum absolute atomic E-state index is 0. The van der Waals surface area contributed by atoms with Crippen molar-refractivity contribution >= 4 is 49.6 Å². The van der Waals surface area contributed by atoms with Gasteiger partial charge in [0.15, 0.2) is 0 Å². The third-order valence-electron chi connectivity index (χ3n) is 5.52. The molecule has 4 aliphatic heterocycles. The van der Waals surface area contributed by atoms with E-state index < -0.39 is 0 Å². The van der Waals surface area contributed by atoms with Crippen molar-refractivity contribution in [2.45, 2.75) is 50.0 Å². The zero-order valence-corrected chi connectivity index (χ0v) is 18.5. The van der Waals surface area contributed by atoms with Gasteiger partial charge in [-0.3, -0.25) is 9.80 Å². The summed E-state index contributed by atoms with van der Waals surface area (Å²) in [6, 6.07) is 0.801. The fourth-order valence-corrected chi connectivity index (χ4v) is 4.19. The second kappa shape index (κ2) is 14.9. The van der Waals surface area contributed by atoms with Crippen LogP contribution >= 0.6 is 49.6 Å². The summed E-state index contributed by atoms with van der Waals surface area (Å²) in [5.74, 6) is 0. The minimum atomic E-state index is -0.131. The molecule has 0 aliphatic carbocycles. The maximum absolute atomic E-state index is 9.55. The van der Waals surface area contributed by atoms with Crippen LogP contribution < -0.4 is 10.6 Å². The molecule has 160 valence electrons. The van der Waals surface area contributed by atoms with Crippen LogP contribution in [0.3, 0.4) is 0 Å². The van der Waals surface area contributed by atoms with Crippen molar-refractivity contribution in [3.8, 4) is 0 Å². The van der Waals surface area contributed by atoms with Crippen LogP contribution in [0.15, 0.2) is 0 Å². The lowest BCUT2D eigenvalue weighted by Crippen LogP contribution is -2.41. The van der Waals surface area contributed by atoms with E-state index in [0.29, 0.717) is 12.1 Å². The molecule has 0 unspecified atom stereocenters. The van der Waals surface area contributed by atoms with Gasteiger partial charge in [0.1, 0.15) is 0 Å². The van der Waals surface area contributed by atoms with Crippen LogP contribution in [0.25, 0.3) is 0 Å². The van der Waals surface area contributed by atoms with Gasteiger partial charge in [-0.15, -0.1) is 49.6 Å². The third kappa shape index (κ3) is 7.74. The highest BCUT2D eigenvalue weighted by molar-refractivity contribution is 5.86. The standard InChI is InChI=1S/2C8H16N2O.4ClH/c2*11-8-6-9-5-7(8)10-3-1-2-4-10;;;;/h2*7-9,11H,1-6H2;4*1H/t2*7-,8-;;;;/m10..../s1. The van der Waals surface area contributed by atoms with Crippen molar-refractivity contribution in [3.63, 3.8) is 0 Å². The van der Waals surface area contributed by atoms with E-state index in [1.54, 1.807) is 0 Å². The number of aliphatic hydroxyl groups excluding tert-OH is 2. The van der Waals surface area contributed by atoms with Gasteiger partial charge < -0.3 is 20.8 Å². The number of nitrogens with one attached hydrogen (secondary N) is 2. The summed E-state index contributed by atoms with van der Waals surface area (Å²) in [5, 5.41) is 25.5. The summed E-state index contributed by atoms with van der Waals surface area (Å²) in [5.41, 5.74) is 0. The van der Waals surface area contributed by atoms with E-state index in [0.717, 1.165) is 26.2 Å². The lowest BCUT2D eigenvalue weighted by atomic mass is 10.2. The SMILES string of the molecule is Cl.Cl.Cl.Cl.O[C@@H]1CNC[C@H]1N1CCCC1.O[C@H]1CNC[C@@H]1N1CCCC1. The van der Waals surface area contributed by atoms with Crippen LogP contribution in [0.2, 0.25) is 0 Å². The molecule has 4 heterocycles. The van der Waals surface area contributed by atoms with E-state index in [2.05, 4.69) is 20.4 Å². The summed E-state index contributed by atoms with van der Waals surface area (Å²) in [7, 11) is 0. The minimum Gasteiger partial charge on any atom is -0.390 e. The van der Waals surface area contributed by atoms with Crippen LogP contribution in [0.5, 0.6) is 0 Å². The second-order valence-electron chi connectivity index (χ2n) is 7.07. The maximum atomic E-state index is 9.55. The number of likely N-dealkylation sites (tertiary alicyclic amines) is 2. The van der Waals surface area contributed by atoms with E-state index in [1.165, 1.54) is 51.9 Å². The molecule has 0 saturated carbocycles. The highest BCUT2D eigenvalue weighted by Gasteiger charge is 2.32. The van der Waals surface area contributed by atoms with Crippen LogP contribution in [-0.2, 0) is 0 Å². The first-order chi connectivity index (χ1) is 10.8. The predicted molar refractivity (Wildman–Crippen MR) is 116 cm³/mol. The van der Waals surface area contributed by atoms with E-state index in [9.17, 15) is 10.2 Å². The Labute approximate surface area is 182 Å². The summed E-state index contributed by atoms with van der Waals surface area (Å²) < 4.78 is 0. The van der Waals surface area contributed by atoms with Gasteiger partial charge in [-0.1, -0.05) is 0 Å². The van der Waals surface area contributed by atoms with E-state index in [4.69, 9.17) is 0 Å². The Kier molecular flexibility index (Phi) is 16.6. The molecular weight excluding hydrogens is 422 g/mol. The average Bonchev–Trinajstić information content (AvgIpc) is 3.27. The topological polar surface area (TPSA) is 71.0 Å². The zero-order valence-electron chi connectivity index (χ0n) is 15.2. The van der Waals surface area contributed by atoms with Gasteiger partial charge in [-0.2, -0.15) is 0 Å². The Morgan fingerprint density at radius 2 is 0.846 bits per heavy atom. The van der Waals surface area contributed by atoms with Gasteiger partial charge in [-0.05, 0) is 51.9 Å². The average molecular weight is 458 g/mol. The molecule has 4 rings (SSSR count). The molecule has 10 heteroatoms. The Balaban J connectivity index is 0. The van der Waals surface area contributed by atoms with Crippen molar-refractivity contribution in [1.82, 2.24) is 20.4 Å². The molecular formula is C16H36Cl4N4O2. The van der Waals surface area contributed by atoms with Crippen molar-refractivity contribution < 1.29 is 10.2 Å². The monoisotopic (exact) mass is 456 g/mol. The number of halogens is 4. The summed E-state index contributed by atoms with van der Waals surface area (Å²) >= 11 is 0.